The zero-order valence-electron chi connectivity index (χ0n) is 21.6. The minimum Gasteiger partial charge on any atom is -0.492 e. The number of imidazole rings is 1. The van der Waals surface area contributed by atoms with Gasteiger partial charge in [-0.25, -0.2) is 19.4 Å². The van der Waals surface area contributed by atoms with Gasteiger partial charge in [-0.3, -0.25) is 4.57 Å². The van der Waals surface area contributed by atoms with E-state index in [9.17, 15) is 4.79 Å². The Morgan fingerprint density at radius 1 is 1.10 bits per heavy atom. The Balaban J connectivity index is 1.51. The summed E-state index contributed by atoms with van der Waals surface area (Å²) in [6.45, 7) is 1.37. The number of nitrogens with two attached hydrogens (primary N) is 1. The lowest BCUT2D eigenvalue weighted by atomic mass is 10.2. The number of nitrogens with one attached hydrogen (secondary N) is 2. The predicted octanol–water partition coefficient (Wildman–Crippen LogP) is 3.54. The quantitative estimate of drug-likeness (QED) is 0.258. The summed E-state index contributed by atoms with van der Waals surface area (Å²) < 4.78 is 18.6. The molecule has 0 aliphatic carbocycles. The van der Waals surface area contributed by atoms with Crippen molar-refractivity contribution in [1.29, 1.82) is 0 Å². The Bertz CT molecular complexity index is 1600. The molecule has 2 aromatic carbocycles. The van der Waals surface area contributed by atoms with Gasteiger partial charge in [0.25, 0.3) is 0 Å². The number of hydrogen-bond acceptors (Lipinski definition) is 10. The van der Waals surface area contributed by atoms with E-state index in [1.54, 1.807) is 43.6 Å². The van der Waals surface area contributed by atoms with Gasteiger partial charge in [-0.15, -0.1) is 0 Å². The second kappa shape index (κ2) is 11.1. The number of likely N-dealkylation sites (N-methyl/N-ethyl adjacent to an activating group) is 1. The zero-order valence-corrected chi connectivity index (χ0v) is 21.6. The van der Waals surface area contributed by atoms with Crippen LogP contribution in [0.1, 0.15) is 0 Å². The molecule has 39 heavy (non-hydrogen) atoms. The van der Waals surface area contributed by atoms with Gasteiger partial charge in [0, 0.05) is 37.1 Å². The fraction of sp³-hybridized carbons (Fsp3) is 0.192. The molecule has 5 aromatic rings. The van der Waals surface area contributed by atoms with Crippen LogP contribution in [0, 0.1) is 0 Å². The van der Waals surface area contributed by atoms with Gasteiger partial charge >= 0.3 is 6.03 Å². The molecule has 0 radical (unpaired) electrons. The third kappa shape index (κ3) is 5.72. The van der Waals surface area contributed by atoms with E-state index in [1.807, 2.05) is 42.9 Å². The van der Waals surface area contributed by atoms with Crippen molar-refractivity contribution >= 4 is 28.6 Å². The average molecular weight is 530 g/mol. The summed E-state index contributed by atoms with van der Waals surface area (Å²) in [6, 6.07) is 16.0. The minimum atomic E-state index is -0.334. The van der Waals surface area contributed by atoms with E-state index in [-0.39, 0.29) is 11.8 Å². The topological polar surface area (TPSA) is 158 Å². The average Bonchev–Trinajstić information content (AvgIpc) is 3.51. The van der Waals surface area contributed by atoms with Crippen LogP contribution < -0.4 is 25.8 Å². The van der Waals surface area contributed by atoms with Gasteiger partial charge in [-0.2, -0.15) is 0 Å². The van der Waals surface area contributed by atoms with E-state index < -0.39 is 0 Å². The van der Waals surface area contributed by atoms with Crippen molar-refractivity contribution in [3.63, 3.8) is 0 Å². The maximum absolute atomic E-state index is 11.7. The number of nitrogens with zero attached hydrogens (tertiary/aromatic N) is 6. The molecule has 0 saturated heterocycles. The van der Waals surface area contributed by atoms with Crippen LogP contribution in [0.5, 0.6) is 17.4 Å². The van der Waals surface area contributed by atoms with Gasteiger partial charge in [0.15, 0.2) is 17.3 Å². The van der Waals surface area contributed by atoms with E-state index in [2.05, 4.69) is 30.8 Å². The summed E-state index contributed by atoms with van der Waals surface area (Å²) in [7, 11) is 5.53. The normalized spacial score (nSPS) is 11.1. The van der Waals surface area contributed by atoms with Crippen LogP contribution in [0.15, 0.2) is 65.4 Å². The summed E-state index contributed by atoms with van der Waals surface area (Å²) in [5, 5.41) is 12.9. The zero-order chi connectivity index (χ0) is 27.4. The second-order valence-corrected chi connectivity index (χ2v) is 8.76. The molecule has 0 bridgehead atoms. The van der Waals surface area contributed by atoms with Crippen LogP contribution in [0.2, 0.25) is 0 Å². The number of carbonyl (C=O) groups excluding carboxylic acids is 1. The summed E-state index contributed by atoms with van der Waals surface area (Å²) >= 11 is 0. The Labute approximate surface area is 223 Å². The number of benzene rings is 2. The highest BCUT2D eigenvalue weighted by Gasteiger charge is 2.21. The van der Waals surface area contributed by atoms with Crippen LogP contribution in [-0.4, -0.2) is 70.1 Å². The highest BCUT2D eigenvalue weighted by molar-refractivity contribution is 5.89. The molecule has 0 aliphatic heterocycles. The first-order valence-electron chi connectivity index (χ1n) is 12.0. The van der Waals surface area contributed by atoms with Crippen LogP contribution >= 0.6 is 0 Å². The van der Waals surface area contributed by atoms with Crippen LogP contribution in [0.25, 0.3) is 28.2 Å². The first-order valence-corrected chi connectivity index (χ1v) is 12.0. The van der Waals surface area contributed by atoms with Crippen LogP contribution in [0.4, 0.5) is 16.3 Å². The van der Waals surface area contributed by atoms with Crippen molar-refractivity contribution in [2.24, 2.45) is 0 Å². The van der Waals surface area contributed by atoms with E-state index in [4.69, 9.17) is 24.8 Å². The molecule has 4 N–H and O–H groups in total. The molecule has 0 saturated carbocycles. The number of carbonyl (C=O) groups is 1. The molecule has 0 unspecified atom stereocenters. The first-order chi connectivity index (χ1) is 18.9. The number of pyridine rings is 1. The van der Waals surface area contributed by atoms with E-state index in [0.29, 0.717) is 46.5 Å². The third-order valence-electron chi connectivity index (χ3n) is 5.69. The molecule has 13 heteroatoms. The minimum absolute atomic E-state index is 0.111. The second-order valence-electron chi connectivity index (χ2n) is 8.76. The molecule has 3 heterocycles. The molecule has 0 aliphatic rings. The van der Waals surface area contributed by atoms with Gasteiger partial charge in [0.05, 0.1) is 11.7 Å². The summed E-state index contributed by atoms with van der Waals surface area (Å²) in [5.41, 5.74) is 8.95. The first kappa shape index (κ1) is 25.5. The lowest BCUT2D eigenvalue weighted by Crippen LogP contribution is -2.24. The molecule has 3 aromatic heterocycles. The largest absolute Gasteiger partial charge is 0.492 e. The van der Waals surface area contributed by atoms with Crippen LogP contribution in [-0.2, 0) is 0 Å². The molecule has 0 atom stereocenters. The fourth-order valence-corrected chi connectivity index (χ4v) is 3.78. The highest BCUT2D eigenvalue weighted by Crippen LogP contribution is 2.33. The van der Waals surface area contributed by atoms with Crippen molar-refractivity contribution in [1.82, 2.24) is 35.1 Å². The van der Waals surface area contributed by atoms with Crippen molar-refractivity contribution < 1.29 is 18.9 Å². The Morgan fingerprint density at radius 2 is 1.92 bits per heavy atom. The molecule has 5 rings (SSSR count). The van der Waals surface area contributed by atoms with Crippen molar-refractivity contribution in [2.75, 3.05) is 45.3 Å². The van der Waals surface area contributed by atoms with Crippen molar-refractivity contribution in [2.45, 2.75) is 0 Å². The van der Waals surface area contributed by atoms with Gasteiger partial charge in [0.1, 0.15) is 23.6 Å². The van der Waals surface area contributed by atoms with Gasteiger partial charge in [0.2, 0.25) is 5.88 Å². The lowest BCUT2D eigenvalue weighted by molar-refractivity contribution is 0.254. The maximum atomic E-state index is 11.7. The molecule has 200 valence electrons. The van der Waals surface area contributed by atoms with Gasteiger partial charge < -0.3 is 30.7 Å². The lowest BCUT2D eigenvalue weighted by Gasteiger charge is -2.13. The number of ether oxygens (including phenoxy) is 2. The number of nitrogen functional groups attached to an aromatic ring is 1. The highest BCUT2D eigenvalue weighted by atomic mass is 16.6. The standard InChI is InChI=1S/C26H27N9O4/c1-28-26(36)30-16-5-4-6-19(13-16)38-22-14-21-20(15-29-22)31-25(23-24(27)33-39-32-23)35(21)17-7-9-18(10-8-17)37-12-11-34(2)3/h4-10,13-15H,11-12H2,1-3H3,(H2,27,33)(H2,28,30,36). The van der Waals surface area contributed by atoms with E-state index in [1.165, 1.54) is 0 Å². The Kier molecular flexibility index (Phi) is 7.23. The van der Waals surface area contributed by atoms with Gasteiger partial charge in [-0.1, -0.05) is 6.07 Å². The summed E-state index contributed by atoms with van der Waals surface area (Å²) in [4.78, 5) is 22.8. The smallest absolute Gasteiger partial charge is 0.318 e. The Morgan fingerprint density at radius 3 is 2.64 bits per heavy atom. The molecule has 0 fully saturated rings. The molecular weight excluding hydrogens is 502 g/mol. The number of rotatable bonds is 9. The summed E-state index contributed by atoms with van der Waals surface area (Å²) in [6.07, 6.45) is 1.60. The Hall–Kier alpha value is -5.17. The van der Waals surface area contributed by atoms with E-state index >= 15 is 0 Å². The van der Waals surface area contributed by atoms with Crippen molar-refractivity contribution in [3.05, 3.63) is 60.8 Å². The van der Waals surface area contributed by atoms with E-state index in [0.717, 1.165) is 18.0 Å². The number of aromatic nitrogens is 5. The maximum Gasteiger partial charge on any atom is 0.318 e. The number of amides is 2. The SMILES string of the molecule is CNC(=O)Nc1cccc(Oc2cc3c(cn2)nc(-c2nonc2N)n3-c2ccc(OCCN(C)C)cc2)c1. The monoisotopic (exact) mass is 529 g/mol. The third-order valence-corrected chi connectivity index (χ3v) is 5.69. The molecule has 0 spiro atoms. The number of urea groups is 1. The number of fused-ring (bicyclic) bond motifs is 1. The summed E-state index contributed by atoms with van der Waals surface area (Å²) in [5.74, 6) is 2.10. The fourth-order valence-electron chi connectivity index (χ4n) is 3.78. The number of hydrogen-bond donors (Lipinski definition) is 3. The molecular formula is C26H27N9O4. The number of anilines is 2. The van der Waals surface area contributed by atoms with Gasteiger partial charge in [-0.05, 0) is 60.8 Å². The molecule has 13 nitrogen and oxygen atoms in total. The van der Waals surface area contributed by atoms with Crippen LogP contribution in [0.3, 0.4) is 0 Å². The molecule has 2 amide bonds. The van der Waals surface area contributed by atoms with Crippen molar-refractivity contribution in [3.8, 4) is 34.6 Å². The predicted molar refractivity (Wildman–Crippen MR) is 145 cm³/mol.